The van der Waals surface area contributed by atoms with Gasteiger partial charge in [-0.15, -0.1) is 0 Å². The molecule has 118 valence electrons. The summed E-state index contributed by atoms with van der Waals surface area (Å²) in [4.78, 5) is 22.1. The Morgan fingerprint density at radius 1 is 1.36 bits per heavy atom. The highest BCUT2D eigenvalue weighted by molar-refractivity contribution is 5.77. The molecule has 0 saturated carbocycles. The van der Waals surface area contributed by atoms with E-state index in [9.17, 15) is 4.79 Å². The summed E-state index contributed by atoms with van der Waals surface area (Å²) in [6, 6.07) is 7.59. The first-order valence-electron chi connectivity index (χ1n) is 8.03. The molecule has 3 rings (SSSR count). The number of nitrogens with zero attached hydrogens (tertiary/aromatic N) is 2. The SMILES string of the molecule is CCOC1CCN(C(C)c2nc3ccccc3c(=O)[nH]2)CC1. The summed E-state index contributed by atoms with van der Waals surface area (Å²) in [6.07, 6.45) is 2.45. The fraction of sp³-hybridized carbons (Fsp3) is 0.529. The maximum absolute atomic E-state index is 12.2. The summed E-state index contributed by atoms with van der Waals surface area (Å²) in [5.41, 5.74) is 0.703. The molecule has 1 atom stereocenters. The third-order valence-corrected chi connectivity index (χ3v) is 4.45. The lowest BCUT2D eigenvalue weighted by molar-refractivity contribution is 0.00470. The van der Waals surface area contributed by atoms with E-state index in [1.54, 1.807) is 0 Å². The zero-order valence-corrected chi connectivity index (χ0v) is 13.2. The number of piperidine rings is 1. The van der Waals surface area contributed by atoms with Gasteiger partial charge < -0.3 is 9.72 Å². The molecule has 22 heavy (non-hydrogen) atoms. The van der Waals surface area contributed by atoms with E-state index >= 15 is 0 Å². The number of aromatic amines is 1. The first-order chi connectivity index (χ1) is 10.7. The van der Waals surface area contributed by atoms with Crippen molar-refractivity contribution in [3.05, 3.63) is 40.4 Å². The molecule has 0 bridgehead atoms. The first kappa shape index (κ1) is 15.2. The van der Waals surface area contributed by atoms with Gasteiger partial charge in [-0.25, -0.2) is 4.98 Å². The van der Waals surface area contributed by atoms with E-state index in [0.29, 0.717) is 11.5 Å². The predicted octanol–water partition coefficient (Wildman–Crippen LogP) is 2.49. The molecule has 0 spiro atoms. The number of nitrogens with one attached hydrogen (secondary N) is 1. The van der Waals surface area contributed by atoms with Gasteiger partial charge in [0.1, 0.15) is 5.82 Å². The maximum Gasteiger partial charge on any atom is 0.258 e. The molecule has 0 radical (unpaired) electrons. The number of rotatable bonds is 4. The zero-order valence-electron chi connectivity index (χ0n) is 13.2. The van der Waals surface area contributed by atoms with Crippen molar-refractivity contribution in [3.63, 3.8) is 0 Å². The first-order valence-corrected chi connectivity index (χ1v) is 8.03. The monoisotopic (exact) mass is 301 g/mol. The van der Waals surface area contributed by atoms with Crippen LogP contribution in [0.3, 0.4) is 0 Å². The third-order valence-electron chi connectivity index (χ3n) is 4.45. The molecule has 1 unspecified atom stereocenters. The van der Waals surface area contributed by atoms with Crippen LogP contribution in [0.15, 0.2) is 29.1 Å². The normalized spacial score (nSPS) is 18.6. The van der Waals surface area contributed by atoms with Crippen LogP contribution in [0.4, 0.5) is 0 Å². The van der Waals surface area contributed by atoms with Crippen LogP contribution in [0.25, 0.3) is 10.9 Å². The number of H-pyrrole nitrogens is 1. The number of hydrogen-bond donors (Lipinski definition) is 1. The average molecular weight is 301 g/mol. The second-order valence-electron chi connectivity index (χ2n) is 5.83. The highest BCUT2D eigenvalue weighted by Crippen LogP contribution is 2.23. The van der Waals surface area contributed by atoms with Gasteiger partial charge in [0.2, 0.25) is 0 Å². The van der Waals surface area contributed by atoms with E-state index in [4.69, 9.17) is 4.74 Å². The van der Waals surface area contributed by atoms with Gasteiger partial charge in [0.15, 0.2) is 0 Å². The molecule has 1 aromatic carbocycles. The summed E-state index contributed by atoms with van der Waals surface area (Å²) in [5.74, 6) is 0.749. The molecule has 5 heteroatoms. The smallest absolute Gasteiger partial charge is 0.258 e. The van der Waals surface area contributed by atoms with Crippen LogP contribution in [0.5, 0.6) is 0 Å². The topological polar surface area (TPSA) is 58.2 Å². The van der Waals surface area contributed by atoms with E-state index in [2.05, 4.69) is 21.8 Å². The number of benzene rings is 1. The van der Waals surface area contributed by atoms with Crippen LogP contribution in [0.1, 0.15) is 38.6 Å². The lowest BCUT2D eigenvalue weighted by Crippen LogP contribution is -2.39. The molecular weight excluding hydrogens is 278 g/mol. The molecule has 0 aliphatic carbocycles. The zero-order chi connectivity index (χ0) is 15.5. The van der Waals surface area contributed by atoms with Crippen LogP contribution in [-0.4, -0.2) is 40.7 Å². The van der Waals surface area contributed by atoms with Crippen molar-refractivity contribution < 1.29 is 4.74 Å². The lowest BCUT2D eigenvalue weighted by atomic mass is 10.1. The fourth-order valence-electron chi connectivity index (χ4n) is 3.14. The van der Waals surface area contributed by atoms with Crippen LogP contribution in [-0.2, 0) is 4.74 Å². The van der Waals surface area contributed by atoms with Gasteiger partial charge in [0, 0.05) is 19.7 Å². The van der Waals surface area contributed by atoms with Gasteiger partial charge in [0.25, 0.3) is 5.56 Å². The molecule has 2 heterocycles. The number of likely N-dealkylation sites (tertiary alicyclic amines) is 1. The van der Waals surface area contributed by atoms with Gasteiger partial charge in [-0.05, 0) is 38.8 Å². The second-order valence-corrected chi connectivity index (χ2v) is 5.83. The van der Waals surface area contributed by atoms with Crippen molar-refractivity contribution in [1.29, 1.82) is 0 Å². The molecule has 2 aromatic rings. The van der Waals surface area contributed by atoms with E-state index < -0.39 is 0 Å². The molecule has 5 nitrogen and oxygen atoms in total. The Morgan fingerprint density at radius 3 is 2.82 bits per heavy atom. The van der Waals surface area contributed by atoms with Crippen LogP contribution in [0.2, 0.25) is 0 Å². The largest absolute Gasteiger partial charge is 0.378 e. The highest BCUT2D eigenvalue weighted by atomic mass is 16.5. The molecule has 1 aromatic heterocycles. The number of fused-ring (bicyclic) bond motifs is 1. The molecule has 1 N–H and O–H groups in total. The van der Waals surface area contributed by atoms with Crippen molar-refractivity contribution in [2.24, 2.45) is 0 Å². The number of aromatic nitrogens is 2. The third kappa shape index (κ3) is 3.05. The predicted molar refractivity (Wildman–Crippen MR) is 87.0 cm³/mol. The van der Waals surface area contributed by atoms with Crippen LogP contribution in [0, 0.1) is 0 Å². The van der Waals surface area contributed by atoms with Gasteiger partial charge in [-0.2, -0.15) is 0 Å². The average Bonchev–Trinajstić information content (AvgIpc) is 2.55. The minimum absolute atomic E-state index is 0.0587. The van der Waals surface area contributed by atoms with E-state index in [-0.39, 0.29) is 11.6 Å². The molecule has 1 aliphatic rings. The summed E-state index contributed by atoms with van der Waals surface area (Å²) in [6.45, 7) is 6.87. The van der Waals surface area contributed by atoms with E-state index in [1.807, 2.05) is 31.2 Å². The van der Waals surface area contributed by atoms with Gasteiger partial charge >= 0.3 is 0 Å². The van der Waals surface area contributed by atoms with Gasteiger partial charge in [-0.3, -0.25) is 9.69 Å². The number of ether oxygens (including phenoxy) is 1. The Morgan fingerprint density at radius 2 is 2.09 bits per heavy atom. The lowest BCUT2D eigenvalue weighted by Gasteiger charge is -2.35. The Balaban J connectivity index is 1.78. The van der Waals surface area contributed by atoms with E-state index in [0.717, 1.165) is 43.9 Å². The standard InChI is InChI=1S/C17H23N3O2/c1-3-22-13-8-10-20(11-9-13)12(2)16-18-15-7-5-4-6-14(15)17(21)19-16/h4-7,12-13H,3,8-11H2,1-2H3,(H,18,19,21). The van der Waals surface area contributed by atoms with Crippen molar-refractivity contribution in [2.75, 3.05) is 19.7 Å². The maximum atomic E-state index is 12.2. The number of para-hydroxylation sites is 1. The van der Waals surface area contributed by atoms with E-state index in [1.165, 1.54) is 0 Å². The summed E-state index contributed by atoms with van der Waals surface area (Å²) in [7, 11) is 0. The second kappa shape index (κ2) is 6.58. The van der Waals surface area contributed by atoms with Gasteiger partial charge in [-0.1, -0.05) is 12.1 Å². The van der Waals surface area contributed by atoms with Gasteiger partial charge in [0.05, 0.1) is 23.0 Å². The Labute approximate surface area is 130 Å². The van der Waals surface area contributed by atoms with Crippen LogP contribution < -0.4 is 5.56 Å². The molecule has 1 fully saturated rings. The van der Waals surface area contributed by atoms with Crippen molar-refractivity contribution in [1.82, 2.24) is 14.9 Å². The molecular formula is C17H23N3O2. The van der Waals surface area contributed by atoms with Crippen molar-refractivity contribution >= 4 is 10.9 Å². The summed E-state index contributed by atoms with van der Waals surface area (Å²) < 4.78 is 5.69. The van der Waals surface area contributed by atoms with Crippen molar-refractivity contribution in [2.45, 2.75) is 38.8 Å². The van der Waals surface area contributed by atoms with Crippen molar-refractivity contribution in [3.8, 4) is 0 Å². The quantitative estimate of drug-likeness (QED) is 0.942. The minimum atomic E-state index is -0.0587. The molecule has 0 amide bonds. The molecule has 1 saturated heterocycles. The molecule has 1 aliphatic heterocycles. The Hall–Kier alpha value is -1.72. The summed E-state index contributed by atoms with van der Waals surface area (Å²) in [5, 5.41) is 0.647. The number of hydrogen-bond acceptors (Lipinski definition) is 4. The van der Waals surface area contributed by atoms with Crippen LogP contribution >= 0.6 is 0 Å². The highest BCUT2D eigenvalue weighted by Gasteiger charge is 2.25. The Kier molecular flexibility index (Phi) is 4.55. The summed E-state index contributed by atoms with van der Waals surface area (Å²) >= 11 is 0. The fourth-order valence-corrected chi connectivity index (χ4v) is 3.14. The Bertz CT molecular complexity index is 690. The minimum Gasteiger partial charge on any atom is -0.378 e.